The molecular weight excluding hydrogens is 1260 g/mol. The fraction of sp³-hybridized carbons (Fsp3) is 0.297. The summed E-state index contributed by atoms with van der Waals surface area (Å²) in [5.41, 5.74) is 9.92. The Morgan fingerprint density at radius 2 is 0.758 bits per heavy atom. The molecular formula is C64H64F6N2O18Zn. The Labute approximate surface area is 530 Å². The van der Waals surface area contributed by atoms with Crippen LogP contribution in [0.4, 0.5) is 26.3 Å². The second-order valence-electron chi connectivity index (χ2n) is 19.2. The standard InChI is InChI=1S/C29H26F3NO6.C21H21NO5.C10H9F3O3.2C2H4O2.Zn/c30-29(31,32)27(28(36)38-16-19-8-2-1-3-9-19)39-18-33-25(34)14-15-26(35)37-17-24-22-12-6-4-10-20(22)21-11-5-7-13-23(21)24;1-14(23)27-13-22-20(24)10-11-21(25)26-12-19-17-8-4-2-6-15(17)16-7-3-5-9-18(16)19;11-10(12,13)8(14)9(15)16-6-7-4-2-1-3-5-7;2*1-2(3)4;/h1-13,24,27H,14-18H2,(H,33,34);2-9,19H,10-13H2,1H3,(H,22,24);1-5,8,14H,6H2;2*1H3,(H,3,4);. The number of hydrogen-bond donors (Lipinski definition) is 5. The number of rotatable bonds is 21. The van der Waals surface area contributed by atoms with Gasteiger partial charge in [0.15, 0.2) is 6.73 Å². The zero-order valence-corrected chi connectivity index (χ0v) is 52.3. The minimum absolute atomic E-state index is 0. The third kappa shape index (κ3) is 26.7. The van der Waals surface area contributed by atoms with Gasteiger partial charge in [0, 0.05) is 64.9 Å². The molecule has 0 heterocycles. The fourth-order valence-electron chi connectivity index (χ4n) is 8.45. The van der Waals surface area contributed by atoms with Crippen LogP contribution in [0.2, 0.25) is 0 Å². The summed E-state index contributed by atoms with van der Waals surface area (Å²) in [4.78, 5) is 99.3. The van der Waals surface area contributed by atoms with Crippen LogP contribution >= 0.6 is 0 Å². The van der Waals surface area contributed by atoms with Gasteiger partial charge in [-0.1, -0.05) is 158 Å². The molecule has 2 unspecified atom stereocenters. The zero-order valence-electron chi connectivity index (χ0n) is 49.3. The fourth-order valence-corrected chi connectivity index (χ4v) is 8.45. The average molecular weight is 1330 g/mol. The molecule has 8 rings (SSSR count). The summed E-state index contributed by atoms with van der Waals surface area (Å²) in [6.45, 7) is 2.00. The third-order valence-electron chi connectivity index (χ3n) is 12.4. The van der Waals surface area contributed by atoms with Crippen LogP contribution in [0.3, 0.4) is 0 Å². The maximum atomic E-state index is 13.3. The molecule has 5 N–H and O–H groups in total. The van der Waals surface area contributed by atoms with Crippen molar-refractivity contribution in [3.8, 4) is 22.3 Å². The first-order valence-corrected chi connectivity index (χ1v) is 27.2. The number of carbonyl (C=O) groups excluding carboxylic acids is 7. The maximum absolute atomic E-state index is 13.3. The van der Waals surface area contributed by atoms with E-state index in [-0.39, 0.29) is 96.1 Å². The molecule has 0 aromatic heterocycles. The van der Waals surface area contributed by atoms with Crippen molar-refractivity contribution in [3.05, 3.63) is 191 Å². The van der Waals surface area contributed by atoms with Gasteiger partial charge in [-0.3, -0.25) is 33.6 Å². The van der Waals surface area contributed by atoms with Gasteiger partial charge in [0.1, 0.15) is 33.2 Å². The molecule has 27 heteroatoms. The SMILES string of the molecule is CC(=O)O.CC(=O)O.CC(=O)OCNC(=O)CCC(=O)OCC1c2ccccc2-c2ccccc21.O=C(CCC(=O)OCC1c2ccccc2-c2ccccc21)NCOC(C(=O)OCc1ccccc1)C(F)(F)F.O=C(OCc1ccccc1)C(O)C(F)(F)F.[Zn]. The van der Waals surface area contributed by atoms with E-state index in [2.05, 4.69) is 49.1 Å². The molecule has 0 bridgehead atoms. The number of fused-ring (bicyclic) bond motifs is 6. The van der Waals surface area contributed by atoms with Crippen LogP contribution in [0.5, 0.6) is 0 Å². The van der Waals surface area contributed by atoms with E-state index < -0.39 is 79.0 Å². The summed E-state index contributed by atoms with van der Waals surface area (Å²) < 4.78 is 104. The van der Waals surface area contributed by atoms with Crippen LogP contribution < -0.4 is 10.6 Å². The summed E-state index contributed by atoms with van der Waals surface area (Å²) in [5.74, 6) is -7.76. The number of halogens is 6. The summed E-state index contributed by atoms with van der Waals surface area (Å²) in [6, 6.07) is 48.3. The van der Waals surface area contributed by atoms with Crippen LogP contribution in [-0.2, 0) is 104 Å². The number of carboxylic acid groups (broad SMARTS) is 2. The topological polar surface area (TPSA) is 294 Å². The predicted molar refractivity (Wildman–Crippen MR) is 308 cm³/mol. The van der Waals surface area contributed by atoms with Crippen molar-refractivity contribution in [3.63, 3.8) is 0 Å². The molecule has 91 heavy (non-hydrogen) atoms. The number of benzene rings is 6. The van der Waals surface area contributed by atoms with Gasteiger partial charge in [0.05, 0.1) is 12.8 Å². The molecule has 0 fully saturated rings. The van der Waals surface area contributed by atoms with Gasteiger partial charge in [-0.25, -0.2) is 9.59 Å². The van der Waals surface area contributed by atoms with E-state index in [0.717, 1.165) is 47.2 Å². The number of aliphatic hydroxyl groups excluding tert-OH is 1. The van der Waals surface area contributed by atoms with Crippen LogP contribution in [0, 0.1) is 0 Å². The van der Waals surface area contributed by atoms with E-state index in [1.807, 2.05) is 72.8 Å². The molecule has 0 radical (unpaired) electrons. The van der Waals surface area contributed by atoms with Gasteiger partial charge in [-0.15, -0.1) is 0 Å². The van der Waals surface area contributed by atoms with Crippen molar-refractivity contribution in [2.45, 2.75) is 96.1 Å². The van der Waals surface area contributed by atoms with E-state index in [9.17, 15) is 59.9 Å². The Kier molecular flexibility index (Phi) is 31.9. The van der Waals surface area contributed by atoms with Crippen LogP contribution in [-0.4, -0.2) is 120 Å². The first-order chi connectivity index (χ1) is 42.7. The molecule has 0 saturated carbocycles. The Morgan fingerprint density at radius 1 is 0.440 bits per heavy atom. The molecule has 2 amide bonds. The number of ether oxygens (including phenoxy) is 6. The molecule has 2 atom stereocenters. The van der Waals surface area contributed by atoms with E-state index in [0.29, 0.717) is 11.1 Å². The largest absolute Gasteiger partial charge is 0.481 e. The van der Waals surface area contributed by atoms with Gasteiger partial charge >= 0.3 is 42.2 Å². The predicted octanol–water partition coefficient (Wildman–Crippen LogP) is 9.48. The van der Waals surface area contributed by atoms with Gasteiger partial charge in [0.2, 0.25) is 17.9 Å². The second kappa shape index (κ2) is 38.3. The third-order valence-corrected chi connectivity index (χ3v) is 12.4. The average Bonchev–Trinajstić information content (AvgIpc) is 1.66. The van der Waals surface area contributed by atoms with Gasteiger partial charge in [-0.2, -0.15) is 26.3 Å². The minimum Gasteiger partial charge on any atom is -0.481 e. The summed E-state index contributed by atoms with van der Waals surface area (Å²) >= 11 is 0. The van der Waals surface area contributed by atoms with Gasteiger partial charge in [-0.05, 0) is 55.6 Å². The van der Waals surface area contributed by atoms with Crippen molar-refractivity contribution in [1.29, 1.82) is 0 Å². The van der Waals surface area contributed by atoms with E-state index in [1.165, 1.54) is 18.1 Å². The second-order valence-corrected chi connectivity index (χ2v) is 19.2. The number of esters is 5. The van der Waals surface area contributed by atoms with Crippen molar-refractivity contribution in [2.75, 3.05) is 26.7 Å². The number of carboxylic acids is 2. The number of amides is 2. The van der Waals surface area contributed by atoms with E-state index in [1.54, 1.807) is 60.7 Å². The van der Waals surface area contributed by atoms with Gasteiger partial charge < -0.3 is 54.4 Å². The van der Waals surface area contributed by atoms with Gasteiger partial charge in [0.25, 0.3) is 18.0 Å². The van der Waals surface area contributed by atoms with Crippen molar-refractivity contribution < 1.29 is 133 Å². The summed E-state index contributed by atoms with van der Waals surface area (Å²) in [7, 11) is 0. The summed E-state index contributed by atoms with van der Waals surface area (Å²) in [5, 5.41) is 27.9. The molecule has 6 aromatic rings. The Bertz CT molecular complexity index is 3260. The monoisotopic (exact) mass is 1330 g/mol. The van der Waals surface area contributed by atoms with E-state index in [4.69, 9.17) is 39.1 Å². The number of nitrogens with one attached hydrogen (secondary N) is 2. The Morgan fingerprint density at radius 3 is 1.09 bits per heavy atom. The number of aliphatic hydroxyl groups is 1. The number of aliphatic carboxylic acids is 2. The molecule has 2 aliphatic rings. The first kappa shape index (κ1) is 75.9. The molecule has 0 saturated heterocycles. The molecule has 6 aromatic carbocycles. The van der Waals surface area contributed by atoms with Crippen LogP contribution in [0.15, 0.2) is 158 Å². The summed E-state index contributed by atoms with van der Waals surface area (Å²) in [6.07, 6.45) is -16.6. The van der Waals surface area contributed by atoms with Crippen molar-refractivity contribution in [1.82, 2.24) is 10.6 Å². The maximum Gasteiger partial charge on any atom is 0.425 e. The van der Waals surface area contributed by atoms with Crippen LogP contribution in [0.1, 0.15) is 91.7 Å². The Hall–Kier alpha value is -9.33. The smallest absolute Gasteiger partial charge is 0.425 e. The quantitative estimate of drug-likeness (QED) is 0.0147. The van der Waals surface area contributed by atoms with E-state index >= 15 is 0 Å². The minimum atomic E-state index is -5.04. The molecule has 0 spiro atoms. The number of hydrogen-bond acceptors (Lipinski definition) is 16. The molecule has 482 valence electrons. The van der Waals surface area contributed by atoms with Crippen LogP contribution in [0.25, 0.3) is 22.3 Å². The molecule has 2 aliphatic carbocycles. The number of alkyl halides is 6. The normalized spacial score (nSPS) is 12.1. The van der Waals surface area contributed by atoms with Crippen molar-refractivity contribution >= 4 is 53.6 Å². The number of carbonyl (C=O) groups is 9. The van der Waals surface area contributed by atoms with Crippen molar-refractivity contribution in [2.24, 2.45) is 0 Å². The first-order valence-electron chi connectivity index (χ1n) is 27.2. The zero-order chi connectivity index (χ0) is 66.4. The molecule has 0 aliphatic heterocycles. The Balaban J connectivity index is 0.000000359. The molecule has 20 nitrogen and oxygen atoms in total.